The lowest BCUT2D eigenvalue weighted by molar-refractivity contribution is 1.18. The van der Waals surface area contributed by atoms with Crippen LogP contribution >= 0.6 is 0 Å². The van der Waals surface area contributed by atoms with Crippen molar-refractivity contribution in [2.24, 2.45) is 0 Å². The SMILES string of the molecule is c1ccc(-c2ccccc2-c2ccccc2-c2ccccc2-c2ccc(N(c3ccc(-c4cccc(-n5c6ccccc6c6ccccc65)c4)cc3)c3ccc(-c4cc5ccccc5c5ccccc45)cc3)cc2)cc1. The molecule has 0 aliphatic rings. The molecule has 2 nitrogen and oxygen atoms in total. The highest BCUT2D eigenvalue weighted by atomic mass is 15.1. The minimum Gasteiger partial charge on any atom is -0.311 e. The molecule has 1 aromatic heterocycles. The molecule has 0 aliphatic carbocycles. The Bertz CT molecular complexity index is 4380. The number of anilines is 3. The number of nitrogens with zero attached hydrogens (tertiary/aromatic N) is 2. The number of rotatable bonds is 10. The minimum absolute atomic E-state index is 1.07. The van der Waals surface area contributed by atoms with Crippen molar-refractivity contribution in [3.05, 3.63) is 303 Å². The van der Waals surface area contributed by atoms with Gasteiger partial charge in [-0.05, 0) is 155 Å². The number of fused-ring (bicyclic) bond motifs is 6. The first-order chi connectivity index (χ1) is 37.7. The van der Waals surface area contributed by atoms with E-state index in [9.17, 15) is 0 Å². The van der Waals surface area contributed by atoms with Gasteiger partial charge >= 0.3 is 0 Å². The van der Waals surface area contributed by atoms with Crippen molar-refractivity contribution in [2.75, 3.05) is 4.90 Å². The van der Waals surface area contributed by atoms with Gasteiger partial charge in [0.05, 0.1) is 11.0 Å². The topological polar surface area (TPSA) is 8.17 Å². The molecule has 0 amide bonds. The smallest absolute Gasteiger partial charge is 0.0541 e. The van der Waals surface area contributed by atoms with Crippen LogP contribution in [0.15, 0.2) is 303 Å². The third-order valence-electron chi connectivity index (χ3n) is 15.2. The quantitative estimate of drug-likeness (QED) is 0.124. The summed E-state index contributed by atoms with van der Waals surface area (Å²) in [7, 11) is 0. The Kier molecular flexibility index (Phi) is 11.2. The van der Waals surface area contributed by atoms with Gasteiger partial charge in [0.2, 0.25) is 0 Å². The Hall–Kier alpha value is -10.0. The maximum atomic E-state index is 2.39. The molecular weight excluding hydrogens is 917 g/mol. The number of benzene rings is 13. The average molecular weight is 967 g/mol. The zero-order valence-electron chi connectivity index (χ0n) is 41.8. The second-order valence-corrected chi connectivity index (χ2v) is 19.6. The van der Waals surface area contributed by atoms with Crippen molar-refractivity contribution < 1.29 is 0 Å². The van der Waals surface area contributed by atoms with Crippen LogP contribution in [0.3, 0.4) is 0 Å². The second-order valence-electron chi connectivity index (χ2n) is 19.6. The summed E-state index contributed by atoms with van der Waals surface area (Å²) in [6.07, 6.45) is 0. The molecule has 14 aromatic rings. The van der Waals surface area contributed by atoms with Crippen LogP contribution in [0.25, 0.3) is 116 Å². The van der Waals surface area contributed by atoms with E-state index in [0.717, 1.165) is 39.4 Å². The standard InChI is InChI=1S/C74H50N2/c1-2-19-52(20-3-1)61-24-6-8-27-64(61)67-30-11-12-31-68(67)65-28-9-7-25-62(65)53-39-45-58(46-40-53)75(59-47-41-54(42-48-59)72-50-56-21-4-5-26-63(56)66-29-10-13-32-69(66)72)57-43-37-51(38-44-57)55-22-18-23-60(49-55)76-73-35-16-14-33-70(73)71-34-15-17-36-74(71)76/h1-50H. The molecule has 0 aliphatic heterocycles. The first-order valence-electron chi connectivity index (χ1n) is 26.2. The lowest BCUT2D eigenvalue weighted by Crippen LogP contribution is -2.09. The third kappa shape index (κ3) is 7.92. The predicted molar refractivity (Wildman–Crippen MR) is 323 cm³/mol. The van der Waals surface area contributed by atoms with Crippen molar-refractivity contribution in [3.63, 3.8) is 0 Å². The predicted octanol–water partition coefficient (Wildman–Crippen LogP) is 20.6. The summed E-state index contributed by atoms with van der Waals surface area (Å²) in [5, 5.41) is 7.55. The van der Waals surface area contributed by atoms with Gasteiger partial charge in [0.25, 0.3) is 0 Å². The van der Waals surface area contributed by atoms with Crippen LogP contribution in [0.2, 0.25) is 0 Å². The van der Waals surface area contributed by atoms with Crippen molar-refractivity contribution in [2.45, 2.75) is 0 Å². The fourth-order valence-electron chi connectivity index (χ4n) is 11.7. The van der Waals surface area contributed by atoms with E-state index in [-0.39, 0.29) is 0 Å². The van der Waals surface area contributed by atoms with Crippen LogP contribution in [0, 0.1) is 0 Å². The van der Waals surface area contributed by atoms with Gasteiger partial charge < -0.3 is 9.47 Å². The van der Waals surface area contributed by atoms with Crippen molar-refractivity contribution >= 4 is 60.4 Å². The molecule has 0 saturated carbocycles. The fraction of sp³-hybridized carbons (Fsp3) is 0. The molecule has 76 heavy (non-hydrogen) atoms. The van der Waals surface area contributed by atoms with Gasteiger partial charge in [0.15, 0.2) is 0 Å². The fourth-order valence-corrected chi connectivity index (χ4v) is 11.7. The van der Waals surface area contributed by atoms with Crippen LogP contribution in [0.1, 0.15) is 0 Å². The molecule has 0 fully saturated rings. The first kappa shape index (κ1) is 44.7. The van der Waals surface area contributed by atoms with E-state index in [1.165, 1.54) is 93.4 Å². The summed E-state index contributed by atoms with van der Waals surface area (Å²) in [5.41, 5.74) is 21.1. The van der Waals surface area contributed by atoms with E-state index in [1.807, 2.05) is 0 Å². The van der Waals surface area contributed by atoms with Crippen molar-refractivity contribution in [1.29, 1.82) is 0 Å². The summed E-state index contributed by atoms with van der Waals surface area (Å²) < 4.78 is 2.39. The molecule has 0 saturated heterocycles. The zero-order valence-corrected chi connectivity index (χ0v) is 41.8. The third-order valence-corrected chi connectivity index (χ3v) is 15.2. The van der Waals surface area contributed by atoms with E-state index >= 15 is 0 Å². The van der Waals surface area contributed by atoms with Crippen molar-refractivity contribution in [3.8, 4) is 72.4 Å². The number of hydrogen-bond donors (Lipinski definition) is 0. The first-order valence-corrected chi connectivity index (χ1v) is 26.2. The summed E-state index contributed by atoms with van der Waals surface area (Å²) in [6, 6.07) is 111. The summed E-state index contributed by atoms with van der Waals surface area (Å²) >= 11 is 0. The molecule has 0 N–H and O–H groups in total. The number of para-hydroxylation sites is 2. The van der Waals surface area contributed by atoms with Gasteiger partial charge in [-0.2, -0.15) is 0 Å². The summed E-state index contributed by atoms with van der Waals surface area (Å²) in [5.74, 6) is 0. The Morgan fingerprint density at radius 1 is 0.211 bits per heavy atom. The largest absolute Gasteiger partial charge is 0.311 e. The van der Waals surface area contributed by atoms with Crippen LogP contribution in [0.4, 0.5) is 17.1 Å². The molecular formula is C74H50N2. The molecule has 14 rings (SSSR count). The van der Waals surface area contributed by atoms with Crippen LogP contribution in [-0.2, 0) is 0 Å². The highest BCUT2D eigenvalue weighted by Gasteiger charge is 2.19. The number of hydrogen-bond acceptors (Lipinski definition) is 1. The Morgan fingerprint density at radius 2 is 0.592 bits per heavy atom. The lowest BCUT2D eigenvalue weighted by atomic mass is 9.87. The van der Waals surface area contributed by atoms with E-state index in [2.05, 4.69) is 313 Å². The normalized spacial score (nSPS) is 11.4. The Labute approximate surface area is 443 Å². The molecule has 1 heterocycles. The van der Waals surface area contributed by atoms with Crippen LogP contribution in [0.5, 0.6) is 0 Å². The lowest BCUT2D eigenvalue weighted by Gasteiger charge is -2.26. The highest BCUT2D eigenvalue weighted by Crippen LogP contribution is 2.44. The Balaban J connectivity index is 0.852. The van der Waals surface area contributed by atoms with E-state index in [0.29, 0.717) is 0 Å². The molecule has 13 aromatic carbocycles. The van der Waals surface area contributed by atoms with E-state index in [1.54, 1.807) is 0 Å². The molecule has 0 bridgehead atoms. The Morgan fingerprint density at radius 3 is 1.14 bits per heavy atom. The van der Waals surface area contributed by atoms with Crippen LogP contribution in [-0.4, -0.2) is 4.57 Å². The maximum absolute atomic E-state index is 2.39. The molecule has 0 radical (unpaired) electrons. The minimum atomic E-state index is 1.07. The molecule has 2 heteroatoms. The van der Waals surface area contributed by atoms with Crippen LogP contribution < -0.4 is 4.90 Å². The maximum Gasteiger partial charge on any atom is 0.0541 e. The van der Waals surface area contributed by atoms with Gasteiger partial charge in [-0.1, -0.05) is 237 Å². The molecule has 0 spiro atoms. The highest BCUT2D eigenvalue weighted by molar-refractivity contribution is 6.14. The van der Waals surface area contributed by atoms with Gasteiger partial charge in [0, 0.05) is 33.5 Å². The van der Waals surface area contributed by atoms with Gasteiger partial charge in [-0.25, -0.2) is 0 Å². The van der Waals surface area contributed by atoms with Gasteiger partial charge in [-0.3, -0.25) is 0 Å². The van der Waals surface area contributed by atoms with Gasteiger partial charge in [-0.15, -0.1) is 0 Å². The summed E-state index contributed by atoms with van der Waals surface area (Å²) in [6.45, 7) is 0. The average Bonchev–Trinajstić information content (AvgIpc) is 3.88. The summed E-state index contributed by atoms with van der Waals surface area (Å²) in [4.78, 5) is 2.38. The number of aromatic nitrogens is 1. The monoisotopic (exact) mass is 966 g/mol. The van der Waals surface area contributed by atoms with Gasteiger partial charge in [0.1, 0.15) is 0 Å². The zero-order chi connectivity index (χ0) is 50.4. The molecule has 0 unspecified atom stereocenters. The van der Waals surface area contributed by atoms with E-state index in [4.69, 9.17) is 0 Å². The van der Waals surface area contributed by atoms with Crippen molar-refractivity contribution in [1.82, 2.24) is 4.57 Å². The van der Waals surface area contributed by atoms with E-state index < -0.39 is 0 Å². The second kappa shape index (κ2) is 19.1. The molecule has 0 atom stereocenters. The molecule has 356 valence electrons.